The van der Waals surface area contributed by atoms with Gasteiger partial charge in [-0.25, -0.2) is 4.98 Å². The Balaban J connectivity index is 2.10. The normalized spacial score (nSPS) is 10.6. The van der Waals surface area contributed by atoms with Crippen molar-refractivity contribution in [1.29, 1.82) is 0 Å². The lowest BCUT2D eigenvalue weighted by atomic mass is 10.6. The van der Waals surface area contributed by atoms with E-state index in [4.69, 9.17) is 9.26 Å². The summed E-state index contributed by atoms with van der Waals surface area (Å²) in [6.07, 6.45) is 1.38. The standard InChI is InChI=1S/C7H9N5O2/c1-2-13-3-5-10-7(12-14-5)6-8-4-9-11-6/h4H,2-3H2,1H3,(H,8,9,11). The first-order valence-electron chi connectivity index (χ1n) is 4.16. The van der Waals surface area contributed by atoms with Gasteiger partial charge in [0, 0.05) is 6.61 Å². The summed E-state index contributed by atoms with van der Waals surface area (Å²) >= 11 is 0. The first kappa shape index (κ1) is 8.82. The largest absolute Gasteiger partial charge is 0.372 e. The molecule has 2 aromatic rings. The smallest absolute Gasteiger partial charge is 0.253 e. The summed E-state index contributed by atoms with van der Waals surface area (Å²) < 4.78 is 10.0. The average molecular weight is 195 g/mol. The Morgan fingerprint density at radius 3 is 3.21 bits per heavy atom. The van der Waals surface area contributed by atoms with E-state index in [-0.39, 0.29) is 0 Å². The highest BCUT2D eigenvalue weighted by Gasteiger charge is 2.10. The molecule has 14 heavy (non-hydrogen) atoms. The molecule has 2 heterocycles. The van der Waals surface area contributed by atoms with Crippen molar-refractivity contribution in [3.8, 4) is 11.6 Å². The number of ether oxygens (including phenoxy) is 1. The molecular weight excluding hydrogens is 186 g/mol. The lowest BCUT2D eigenvalue weighted by molar-refractivity contribution is 0.109. The lowest BCUT2D eigenvalue weighted by Crippen LogP contribution is -1.91. The van der Waals surface area contributed by atoms with E-state index in [2.05, 4.69) is 25.3 Å². The molecule has 0 aliphatic heterocycles. The van der Waals surface area contributed by atoms with E-state index in [1.54, 1.807) is 0 Å². The predicted molar refractivity (Wildman–Crippen MR) is 45.0 cm³/mol. The van der Waals surface area contributed by atoms with Gasteiger partial charge in [-0.2, -0.15) is 10.1 Å². The molecule has 2 rings (SSSR count). The van der Waals surface area contributed by atoms with Crippen molar-refractivity contribution in [2.75, 3.05) is 6.61 Å². The van der Waals surface area contributed by atoms with Gasteiger partial charge in [-0.1, -0.05) is 5.16 Å². The van der Waals surface area contributed by atoms with Gasteiger partial charge in [0.15, 0.2) is 5.82 Å². The minimum atomic E-state index is 0.317. The zero-order chi connectivity index (χ0) is 9.80. The molecule has 0 aliphatic rings. The van der Waals surface area contributed by atoms with Gasteiger partial charge >= 0.3 is 0 Å². The SMILES string of the molecule is CCOCc1nc(-c2ncn[nH]2)no1. The fourth-order valence-electron chi connectivity index (χ4n) is 0.912. The third-order valence-corrected chi connectivity index (χ3v) is 1.52. The molecule has 0 aliphatic carbocycles. The second-order valence-corrected chi connectivity index (χ2v) is 2.48. The maximum Gasteiger partial charge on any atom is 0.253 e. The summed E-state index contributed by atoms with van der Waals surface area (Å²) in [5, 5.41) is 10.0. The highest BCUT2D eigenvalue weighted by atomic mass is 16.5. The number of aromatic nitrogens is 5. The first-order chi connectivity index (χ1) is 6.90. The third kappa shape index (κ3) is 1.77. The van der Waals surface area contributed by atoms with Crippen molar-refractivity contribution < 1.29 is 9.26 Å². The summed E-state index contributed by atoms with van der Waals surface area (Å²) in [7, 11) is 0. The van der Waals surface area contributed by atoms with E-state index >= 15 is 0 Å². The van der Waals surface area contributed by atoms with E-state index in [0.29, 0.717) is 30.8 Å². The predicted octanol–water partition coefficient (Wildman–Crippen LogP) is 0.391. The molecule has 7 heteroatoms. The van der Waals surface area contributed by atoms with Crippen LogP contribution >= 0.6 is 0 Å². The Morgan fingerprint density at radius 1 is 1.57 bits per heavy atom. The molecule has 0 spiro atoms. The van der Waals surface area contributed by atoms with E-state index in [1.807, 2.05) is 6.92 Å². The number of rotatable bonds is 4. The Hall–Kier alpha value is -1.76. The Bertz CT molecular complexity index is 382. The fourth-order valence-corrected chi connectivity index (χ4v) is 0.912. The summed E-state index contributed by atoms with van der Waals surface area (Å²) in [5.74, 6) is 1.30. The van der Waals surface area contributed by atoms with Crippen LogP contribution in [-0.4, -0.2) is 31.9 Å². The van der Waals surface area contributed by atoms with Gasteiger partial charge in [0.25, 0.3) is 5.89 Å². The van der Waals surface area contributed by atoms with Crippen LogP contribution in [-0.2, 0) is 11.3 Å². The average Bonchev–Trinajstić information content (AvgIpc) is 2.85. The molecular formula is C7H9N5O2. The molecule has 0 radical (unpaired) electrons. The molecule has 0 saturated carbocycles. The number of hydrogen-bond acceptors (Lipinski definition) is 6. The van der Waals surface area contributed by atoms with Crippen LogP contribution in [0.2, 0.25) is 0 Å². The monoisotopic (exact) mass is 195 g/mol. The second-order valence-electron chi connectivity index (χ2n) is 2.48. The van der Waals surface area contributed by atoms with Gasteiger partial charge < -0.3 is 9.26 Å². The van der Waals surface area contributed by atoms with E-state index < -0.39 is 0 Å². The summed E-state index contributed by atoms with van der Waals surface area (Å²) in [4.78, 5) is 7.94. The molecule has 74 valence electrons. The minimum absolute atomic E-state index is 0.317. The Morgan fingerprint density at radius 2 is 2.50 bits per heavy atom. The molecule has 1 N–H and O–H groups in total. The van der Waals surface area contributed by atoms with Crippen LogP contribution in [0.15, 0.2) is 10.9 Å². The maximum absolute atomic E-state index is 5.11. The van der Waals surface area contributed by atoms with Crippen LogP contribution in [0, 0.1) is 0 Å². The van der Waals surface area contributed by atoms with E-state index in [1.165, 1.54) is 6.33 Å². The summed E-state index contributed by atoms with van der Waals surface area (Å²) in [6.45, 7) is 2.82. The molecule has 7 nitrogen and oxygen atoms in total. The van der Waals surface area contributed by atoms with Crippen molar-refractivity contribution in [3.05, 3.63) is 12.2 Å². The zero-order valence-electron chi connectivity index (χ0n) is 7.60. The first-order valence-corrected chi connectivity index (χ1v) is 4.16. The number of H-pyrrole nitrogens is 1. The Kier molecular flexibility index (Phi) is 2.50. The molecule has 0 amide bonds. The minimum Gasteiger partial charge on any atom is -0.372 e. The zero-order valence-corrected chi connectivity index (χ0v) is 7.60. The van der Waals surface area contributed by atoms with Crippen molar-refractivity contribution in [1.82, 2.24) is 25.3 Å². The van der Waals surface area contributed by atoms with Crippen LogP contribution in [0.1, 0.15) is 12.8 Å². The van der Waals surface area contributed by atoms with Crippen molar-refractivity contribution >= 4 is 0 Å². The quantitative estimate of drug-likeness (QED) is 0.759. The lowest BCUT2D eigenvalue weighted by Gasteiger charge is -1.91. The van der Waals surface area contributed by atoms with Crippen molar-refractivity contribution in [2.45, 2.75) is 13.5 Å². The van der Waals surface area contributed by atoms with Gasteiger partial charge in [0.1, 0.15) is 12.9 Å². The van der Waals surface area contributed by atoms with Crippen LogP contribution in [0.5, 0.6) is 0 Å². The number of hydrogen-bond donors (Lipinski definition) is 1. The highest BCUT2D eigenvalue weighted by Crippen LogP contribution is 2.08. The molecule has 0 aromatic carbocycles. The van der Waals surface area contributed by atoms with Gasteiger partial charge in [-0.15, -0.1) is 0 Å². The summed E-state index contributed by atoms with van der Waals surface area (Å²) in [5.41, 5.74) is 0. The Labute approximate surface area is 79.5 Å². The van der Waals surface area contributed by atoms with Crippen LogP contribution in [0.4, 0.5) is 0 Å². The van der Waals surface area contributed by atoms with Crippen LogP contribution < -0.4 is 0 Å². The third-order valence-electron chi connectivity index (χ3n) is 1.52. The van der Waals surface area contributed by atoms with Crippen molar-refractivity contribution in [3.63, 3.8) is 0 Å². The fraction of sp³-hybridized carbons (Fsp3) is 0.429. The topological polar surface area (TPSA) is 89.7 Å². The van der Waals surface area contributed by atoms with Gasteiger partial charge in [-0.3, -0.25) is 5.10 Å². The van der Waals surface area contributed by atoms with Gasteiger partial charge in [0.05, 0.1) is 0 Å². The van der Waals surface area contributed by atoms with E-state index in [9.17, 15) is 0 Å². The van der Waals surface area contributed by atoms with Crippen LogP contribution in [0.3, 0.4) is 0 Å². The summed E-state index contributed by atoms with van der Waals surface area (Å²) in [6, 6.07) is 0. The van der Waals surface area contributed by atoms with Gasteiger partial charge in [-0.05, 0) is 6.92 Å². The highest BCUT2D eigenvalue weighted by molar-refractivity contribution is 5.39. The van der Waals surface area contributed by atoms with E-state index in [0.717, 1.165) is 0 Å². The molecule has 0 atom stereocenters. The molecule has 0 fully saturated rings. The number of nitrogens with one attached hydrogen (secondary N) is 1. The molecule has 2 aromatic heterocycles. The van der Waals surface area contributed by atoms with Crippen LogP contribution in [0.25, 0.3) is 11.6 Å². The van der Waals surface area contributed by atoms with Gasteiger partial charge in [0.2, 0.25) is 5.82 Å². The molecule has 0 saturated heterocycles. The molecule has 0 unspecified atom stereocenters. The number of aromatic amines is 1. The van der Waals surface area contributed by atoms with Crippen molar-refractivity contribution in [2.24, 2.45) is 0 Å². The molecule has 0 bridgehead atoms. The maximum atomic E-state index is 5.11. The number of nitrogens with zero attached hydrogens (tertiary/aromatic N) is 4. The second kappa shape index (κ2) is 3.97.